The summed E-state index contributed by atoms with van der Waals surface area (Å²) in [5, 5.41) is 23.8. The molecule has 0 bridgehead atoms. The number of rotatable bonds is 35. The van der Waals surface area contributed by atoms with Crippen LogP contribution in [0.2, 0.25) is 0 Å². The van der Waals surface area contributed by atoms with E-state index in [1.54, 1.807) is 6.08 Å². The summed E-state index contributed by atoms with van der Waals surface area (Å²) in [6.45, 7) is 3.78. The highest BCUT2D eigenvalue weighted by atomic mass is 31.2. The maximum absolute atomic E-state index is 12.7. The van der Waals surface area contributed by atoms with Crippen molar-refractivity contribution in [2.45, 2.75) is 180 Å². The molecule has 0 heterocycles. The van der Waals surface area contributed by atoms with Crippen LogP contribution >= 0.6 is 7.82 Å². The second-order valence-corrected chi connectivity index (χ2v) is 14.4. The molecule has 282 valence electrons. The van der Waals surface area contributed by atoms with E-state index in [1.807, 2.05) is 6.08 Å². The third-order valence-electron chi connectivity index (χ3n) is 8.28. The molecule has 0 aromatic heterocycles. The largest absolute Gasteiger partial charge is 0.472 e. The minimum absolute atomic E-state index is 0.0481. The lowest BCUT2D eigenvalue weighted by molar-refractivity contribution is -0.124. The van der Waals surface area contributed by atoms with Crippen molar-refractivity contribution in [1.29, 1.82) is 0 Å². The molecule has 0 radical (unpaired) electrons. The molecule has 10 heteroatoms. The fourth-order valence-electron chi connectivity index (χ4n) is 5.39. The van der Waals surface area contributed by atoms with Gasteiger partial charge in [-0.25, -0.2) is 4.57 Å². The van der Waals surface area contributed by atoms with Crippen molar-refractivity contribution in [3.8, 4) is 0 Å². The topological polar surface area (TPSA) is 151 Å². The van der Waals surface area contributed by atoms with Crippen LogP contribution in [0.4, 0.5) is 0 Å². The average molecular weight is 701 g/mol. The first-order chi connectivity index (χ1) is 23.3. The number of hydrogen-bond donors (Lipinski definition) is 5. The summed E-state index contributed by atoms with van der Waals surface area (Å²) in [7, 11) is -4.38. The summed E-state index contributed by atoms with van der Waals surface area (Å²) in [5.41, 5.74) is 5.33. The Morgan fingerprint density at radius 1 is 0.750 bits per heavy atom. The molecule has 0 rings (SSSR count). The molecule has 0 aromatic rings. The van der Waals surface area contributed by atoms with Gasteiger partial charge in [-0.2, -0.15) is 0 Å². The molecule has 0 aliphatic carbocycles. The molecule has 6 N–H and O–H groups in total. The Balaban J connectivity index is 4.18. The van der Waals surface area contributed by atoms with Crippen molar-refractivity contribution in [3.05, 3.63) is 36.5 Å². The predicted molar refractivity (Wildman–Crippen MR) is 200 cm³/mol. The molecule has 48 heavy (non-hydrogen) atoms. The molecular weight excluding hydrogens is 627 g/mol. The van der Waals surface area contributed by atoms with Gasteiger partial charge in [0, 0.05) is 6.54 Å². The molecule has 0 aliphatic rings. The molecule has 4 unspecified atom stereocenters. The van der Waals surface area contributed by atoms with Crippen molar-refractivity contribution in [3.63, 3.8) is 0 Å². The molecule has 1 amide bonds. The molecule has 0 saturated carbocycles. The quantitative estimate of drug-likeness (QED) is 0.0250. The van der Waals surface area contributed by atoms with E-state index in [2.05, 4.69) is 43.5 Å². The summed E-state index contributed by atoms with van der Waals surface area (Å²) in [4.78, 5) is 22.6. The highest BCUT2D eigenvalue weighted by Crippen LogP contribution is 2.43. The van der Waals surface area contributed by atoms with E-state index in [4.69, 9.17) is 14.8 Å². The van der Waals surface area contributed by atoms with Gasteiger partial charge in [0.1, 0.15) is 0 Å². The Kier molecular flexibility index (Phi) is 33.2. The first-order valence-electron chi connectivity index (χ1n) is 19.2. The molecule has 0 saturated heterocycles. The van der Waals surface area contributed by atoms with E-state index in [-0.39, 0.29) is 19.6 Å². The van der Waals surface area contributed by atoms with Gasteiger partial charge in [-0.1, -0.05) is 147 Å². The second-order valence-electron chi connectivity index (χ2n) is 12.9. The summed E-state index contributed by atoms with van der Waals surface area (Å²) < 4.78 is 21.9. The van der Waals surface area contributed by atoms with Crippen LogP contribution in [0.3, 0.4) is 0 Å². The third kappa shape index (κ3) is 31.9. The van der Waals surface area contributed by atoms with Crippen molar-refractivity contribution >= 4 is 13.7 Å². The Bertz CT molecular complexity index is 868. The van der Waals surface area contributed by atoms with E-state index < -0.39 is 38.6 Å². The minimum atomic E-state index is -4.38. The number of phosphoric acid groups is 1. The summed E-state index contributed by atoms with van der Waals surface area (Å²) >= 11 is 0. The van der Waals surface area contributed by atoms with Crippen molar-refractivity contribution in [1.82, 2.24) is 5.32 Å². The molecular formula is C38H73N2O7P. The van der Waals surface area contributed by atoms with Crippen molar-refractivity contribution in [2.75, 3.05) is 19.8 Å². The number of allylic oxidation sites excluding steroid dienone is 5. The lowest BCUT2D eigenvalue weighted by Crippen LogP contribution is -2.46. The third-order valence-corrected chi connectivity index (χ3v) is 9.26. The van der Waals surface area contributed by atoms with Crippen LogP contribution in [-0.2, 0) is 18.4 Å². The monoisotopic (exact) mass is 701 g/mol. The summed E-state index contributed by atoms with van der Waals surface area (Å²) in [6, 6.07) is -0.978. The van der Waals surface area contributed by atoms with Crippen molar-refractivity contribution < 1.29 is 33.5 Å². The van der Waals surface area contributed by atoms with Gasteiger partial charge in [-0.15, -0.1) is 0 Å². The Hall–Kier alpha value is -1.32. The molecule has 0 aromatic carbocycles. The fraction of sp³-hybridized carbons (Fsp3) is 0.816. The number of carbonyl (C=O) groups is 1. The highest BCUT2D eigenvalue weighted by molar-refractivity contribution is 7.47. The number of unbranched alkanes of at least 4 members (excludes halogenated alkanes) is 17. The normalized spacial score (nSPS) is 15.4. The van der Waals surface area contributed by atoms with Crippen LogP contribution in [0.1, 0.15) is 162 Å². The number of aliphatic hydroxyl groups excluding tert-OH is 2. The number of phosphoric ester groups is 1. The van der Waals surface area contributed by atoms with Crippen LogP contribution < -0.4 is 11.1 Å². The molecule has 0 aliphatic heterocycles. The van der Waals surface area contributed by atoms with Gasteiger partial charge in [-0.05, 0) is 44.9 Å². The van der Waals surface area contributed by atoms with Crippen LogP contribution in [0.5, 0.6) is 0 Å². The number of nitrogens with two attached hydrogens (primary N) is 1. The molecule has 0 fully saturated rings. The van der Waals surface area contributed by atoms with Crippen LogP contribution in [0, 0.1) is 0 Å². The number of nitrogens with one attached hydrogen (secondary N) is 1. The lowest BCUT2D eigenvalue weighted by Gasteiger charge is -2.24. The lowest BCUT2D eigenvalue weighted by atomic mass is 10.0. The summed E-state index contributed by atoms with van der Waals surface area (Å²) in [5.74, 6) is -0.453. The van der Waals surface area contributed by atoms with Crippen molar-refractivity contribution in [2.24, 2.45) is 5.73 Å². The molecule has 4 atom stereocenters. The van der Waals surface area contributed by atoms with Gasteiger partial charge in [0.25, 0.3) is 0 Å². The number of carbonyl (C=O) groups excluding carboxylic acids is 1. The zero-order chi connectivity index (χ0) is 35.6. The number of hydrogen-bond acceptors (Lipinski definition) is 7. The van der Waals surface area contributed by atoms with E-state index in [9.17, 15) is 24.5 Å². The first-order valence-corrected chi connectivity index (χ1v) is 20.7. The molecule has 9 nitrogen and oxygen atoms in total. The number of aliphatic hydroxyl groups is 2. The van der Waals surface area contributed by atoms with Crippen LogP contribution in [0.25, 0.3) is 0 Å². The SMILES string of the molecule is CC/C=C\C/C=C\CCCCCCCCCCCCCCC(O)CC(=O)NC(COP(=O)(O)OCCN)C(O)/C=C/CCCCCCC. The maximum atomic E-state index is 12.7. The standard InChI is InChI=1S/C38H73N2O7P/c1-3-5-7-9-11-12-13-14-15-16-17-18-19-20-21-22-24-25-27-29-35(41)33-38(43)40-36(34-47-48(44,45)46-32-31-39)37(42)30-28-26-23-10-8-6-4-2/h5,7,11-12,28,30,35-37,41-42H,3-4,6,8-10,13-27,29,31-34,39H2,1-2H3,(H,40,43)(H,44,45)/b7-5-,12-11-,30-28+. The van der Waals surface area contributed by atoms with E-state index in [0.717, 1.165) is 51.4 Å². The zero-order valence-corrected chi connectivity index (χ0v) is 31.5. The van der Waals surface area contributed by atoms with Gasteiger partial charge < -0.3 is 26.2 Å². The Labute approximate surface area is 293 Å². The van der Waals surface area contributed by atoms with Crippen LogP contribution in [0.15, 0.2) is 36.5 Å². The van der Waals surface area contributed by atoms with Gasteiger partial charge in [0.05, 0.1) is 37.9 Å². The predicted octanol–water partition coefficient (Wildman–Crippen LogP) is 8.97. The van der Waals surface area contributed by atoms with Gasteiger partial charge >= 0.3 is 7.82 Å². The Morgan fingerprint density at radius 3 is 1.88 bits per heavy atom. The van der Waals surface area contributed by atoms with E-state index >= 15 is 0 Å². The Morgan fingerprint density at radius 2 is 1.29 bits per heavy atom. The van der Waals surface area contributed by atoms with Gasteiger partial charge in [-0.3, -0.25) is 13.8 Å². The van der Waals surface area contributed by atoms with Gasteiger partial charge in [0.2, 0.25) is 5.91 Å². The minimum Gasteiger partial charge on any atom is -0.393 e. The molecule has 0 spiro atoms. The second kappa shape index (κ2) is 34.1. The zero-order valence-electron chi connectivity index (χ0n) is 30.6. The maximum Gasteiger partial charge on any atom is 0.472 e. The first kappa shape index (κ1) is 46.7. The van der Waals surface area contributed by atoms with E-state index in [0.29, 0.717) is 6.42 Å². The van der Waals surface area contributed by atoms with E-state index in [1.165, 1.54) is 83.5 Å². The number of amides is 1. The smallest absolute Gasteiger partial charge is 0.393 e. The fourth-order valence-corrected chi connectivity index (χ4v) is 6.15. The summed E-state index contributed by atoms with van der Waals surface area (Å²) in [6.07, 6.45) is 35.4. The average Bonchev–Trinajstić information content (AvgIpc) is 3.06. The highest BCUT2D eigenvalue weighted by Gasteiger charge is 2.27. The van der Waals surface area contributed by atoms with Gasteiger partial charge in [0.15, 0.2) is 0 Å². The van der Waals surface area contributed by atoms with Crippen LogP contribution in [-0.4, -0.2) is 59.0 Å².